The molecule has 0 saturated heterocycles. The molecule has 0 radical (unpaired) electrons. The fraction of sp³-hybridized carbons (Fsp3) is 0.769. The van der Waals surface area contributed by atoms with Crippen molar-refractivity contribution in [1.29, 1.82) is 0 Å². The highest BCUT2D eigenvalue weighted by Gasteiger charge is 2.19. The van der Waals surface area contributed by atoms with Gasteiger partial charge in [0.05, 0.1) is 28.5 Å². The van der Waals surface area contributed by atoms with E-state index < -0.39 is 0 Å². The molecule has 1 aromatic rings. The Labute approximate surface area is 118 Å². The van der Waals surface area contributed by atoms with Gasteiger partial charge in [-0.3, -0.25) is 4.68 Å². The van der Waals surface area contributed by atoms with E-state index in [0.717, 1.165) is 30.4 Å². The number of hydrogen-bond acceptors (Lipinski definition) is 3. The minimum absolute atomic E-state index is 0.294. The molecule has 0 aliphatic heterocycles. The van der Waals surface area contributed by atoms with Gasteiger partial charge in [-0.05, 0) is 49.2 Å². The van der Waals surface area contributed by atoms with E-state index in [1.54, 1.807) is 7.11 Å². The van der Waals surface area contributed by atoms with E-state index in [1.807, 2.05) is 6.20 Å². The van der Waals surface area contributed by atoms with Gasteiger partial charge in [0.15, 0.2) is 0 Å². The highest BCUT2D eigenvalue weighted by molar-refractivity contribution is 9.10. The maximum Gasteiger partial charge on any atom is 0.0695 e. The molecule has 1 aromatic heterocycles. The number of halogens is 1. The van der Waals surface area contributed by atoms with Crippen molar-refractivity contribution in [3.05, 3.63) is 16.4 Å². The predicted octanol–water partition coefficient (Wildman–Crippen LogP) is 3.13. The first-order chi connectivity index (χ1) is 8.63. The fourth-order valence-electron chi connectivity index (χ4n) is 2.07. The molecule has 0 spiro atoms. The summed E-state index contributed by atoms with van der Waals surface area (Å²) in [6.45, 7) is 8.20. The molecule has 0 fully saturated rings. The van der Waals surface area contributed by atoms with Gasteiger partial charge >= 0.3 is 0 Å². The number of nitrogens with zero attached hydrogens (tertiary/aromatic N) is 2. The molecule has 0 amide bonds. The first-order valence-corrected chi connectivity index (χ1v) is 7.40. The van der Waals surface area contributed by atoms with Crippen LogP contribution in [0.15, 0.2) is 10.7 Å². The second kappa shape index (κ2) is 7.92. The summed E-state index contributed by atoms with van der Waals surface area (Å²) in [6.07, 6.45) is 4.26. The van der Waals surface area contributed by atoms with Gasteiger partial charge in [0.1, 0.15) is 0 Å². The Hall–Kier alpha value is -0.390. The van der Waals surface area contributed by atoms with Crippen LogP contribution in [0.3, 0.4) is 0 Å². The van der Waals surface area contributed by atoms with Crippen molar-refractivity contribution in [2.24, 2.45) is 0 Å². The zero-order chi connectivity index (χ0) is 13.5. The summed E-state index contributed by atoms with van der Waals surface area (Å²) in [7, 11) is 1.76. The van der Waals surface area contributed by atoms with E-state index in [9.17, 15) is 0 Å². The quantitative estimate of drug-likeness (QED) is 0.800. The molecule has 5 heteroatoms. The Balaban J connectivity index is 2.79. The summed E-state index contributed by atoms with van der Waals surface area (Å²) in [5.41, 5.74) is 1.24. The molecule has 1 rings (SSSR count). The Morgan fingerprint density at radius 2 is 2.17 bits per heavy atom. The molecule has 0 bridgehead atoms. The third-order valence-corrected chi connectivity index (χ3v) is 3.79. The van der Waals surface area contributed by atoms with Crippen LogP contribution in [-0.4, -0.2) is 29.5 Å². The maximum atomic E-state index is 5.32. The standard InChI is InChI=1S/C13H24BrN3O/c1-5-15-12(8-7-10(3)18-4)13-11(14)9-16-17(13)6-2/h9-10,12,15H,5-8H2,1-4H3. The van der Waals surface area contributed by atoms with Gasteiger partial charge in [0.2, 0.25) is 0 Å². The summed E-state index contributed by atoms with van der Waals surface area (Å²) >= 11 is 3.60. The lowest BCUT2D eigenvalue weighted by molar-refractivity contribution is 0.106. The minimum Gasteiger partial charge on any atom is -0.382 e. The van der Waals surface area contributed by atoms with Crippen LogP contribution >= 0.6 is 15.9 Å². The molecule has 0 saturated carbocycles. The highest BCUT2D eigenvalue weighted by atomic mass is 79.9. The number of ether oxygens (including phenoxy) is 1. The van der Waals surface area contributed by atoms with E-state index in [4.69, 9.17) is 4.74 Å². The second-order valence-electron chi connectivity index (χ2n) is 4.43. The first-order valence-electron chi connectivity index (χ1n) is 6.61. The van der Waals surface area contributed by atoms with Crippen molar-refractivity contribution >= 4 is 15.9 Å². The average Bonchev–Trinajstić information content (AvgIpc) is 2.75. The van der Waals surface area contributed by atoms with Gasteiger partial charge in [-0.1, -0.05) is 6.92 Å². The molecule has 4 nitrogen and oxygen atoms in total. The van der Waals surface area contributed by atoms with E-state index >= 15 is 0 Å². The van der Waals surface area contributed by atoms with Crippen LogP contribution in [0, 0.1) is 0 Å². The van der Waals surface area contributed by atoms with E-state index in [2.05, 4.69) is 51.8 Å². The number of hydrogen-bond donors (Lipinski definition) is 1. The summed E-state index contributed by atoms with van der Waals surface area (Å²) in [5, 5.41) is 7.92. The lowest BCUT2D eigenvalue weighted by Gasteiger charge is -2.21. The Kier molecular flexibility index (Phi) is 6.89. The largest absolute Gasteiger partial charge is 0.382 e. The zero-order valence-corrected chi connectivity index (χ0v) is 13.3. The Morgan fingerprint density at radius 1 is 1.44 bits per heavy atom. The molecule has 0 aromatic carbocycles. The number of rotatable bonds is 8. The van der Waals surface area contributed by atoms with Crippen molar-refractivity contribution < 1.29 is 4.74 Å². The monoisotopic (exact) mass is 317 g/mol. The predicted molar refractivity (Wildman–Crippen MR) is 77.7 cm³/mol. The van der Waals surface area contributed by atoms with Gasteiger partial charge < -0.3 is 10.1 Å². The van der Waals surface area contributed by atoms with Crippen molar-refractivity contribution in [1.82, 2.24) is 15.1 Å². The van der Waals surface area contributed by atoms with Gasteiger partial charge in [0.25, 0.3) is 0 Å². The van der Waals surface area contributed by atoms with Crippen molar-refractivity contribution in [3.8, 4) is 0 Å². The van der Waals surface area contributed by atoms with Crippen LogP contribution < -0.4 is 5.32 Å². The molecule has 18 heavy (non-hydrogen) atoms. The van der Waals surface area contributed by atoms with Crippen LogP contribution in [0.1, 0.15) is 45.3 Å². The van der Waals surface area contributed by atoms with Crippen LogP contribution in [-0.2, 0) is 11.3 Å². The van der Waals surface area contributed by atoms with E-state index in [0.29, 0.717) is 12.1 Å². The molecule has 104 valence electrons. The van der Waals surface area contributed by atoms with E-state index in [1.165, 1.54) is 5.69 Å². The summed E-state index contributed by atoms with van der Waals surface area (Å²) in [6, 6.07) is 0.324. The molecule has 1 heterocycles. The van der Waals surface area contributed by atoms with Crippen LogP contribution in [0.2, 0.25) is 0 Å². The number of aromatic nitrogens is 2. The summed E-state index contributed by atoms with van der Waals surface area (Å²) in [5.74, 6) is 0. The number of methoxy groups -OCH3 is 1. The highest BCUT2D eigenvalue weighted by Crippen LogP contribution is 2.27. The zero-order valence-electron chi connectivity index (χ0n) is 11.7. The lowest BCUT2D eigenvalue weighted by atomic mass is 10.1. The molecule has 2 unspecified atom stereocenters. The van der Waals surface area contributed by atoms with Crippen molar-refractivity contribution in [2.45, 2.75) is 52.3 Å². The average molecular weight is 318 g/mol. The number of aryl methyl sites for hydroxylation is 1. The molecular weight excluding hydrogens is 294 g/mol. The summed E-state index contributed by atoms with van der Waals surface area (Å²) in [4.78, 5) is 0. The van der Waals surface area contributed by atoms with Crippen LogP contribution in [0.5, 0.6) is 0 Å². The molecule has 2 atom stereocenters. The van der Waals surface area contributed by atoms with Crippen LogP contribution in [0.4, 0.5) is 0 Å². The first kappa shape index (κ1) is 15.7. The van der Waals surface area contributed by atoms with Gasteiger partial charge in [-0.25, -0.2) is 0 Å². The normalized spacial score (nSPS) is 14.7. The minimum atomic E-state index is 0.294. The third kappa shape index (κ3) is 4.07. The fourth-order valence-corrected chi connectivity index (χ4v) is 2.64. The Morgan fingerprint density at radius 3 is 2.72 bits per heavy atom. The summed E-state index contributed by atoms with van der Waals surface area (Å²) < 4.78 is 8.46. The molecule has 0 aliphatic rings. The maximum absolute atomic E-state index is 5.32. The third-order valence-electron chi connectivity index (χ3n) is 3.18. The topological polar surface area (TPSA) is 39.1 Å². The molecule has 0 aliphatic carbocycles. The second-order valence-corrected chi connectivity index (χ2v) is 5.28. The van der Waals surface area contributed by atoms with Crippen molar-refractivity contribution in [2.75, 3.05) is 13.7 Å². The van der Waals surface area contributed by atoms with Crippen molar-refractivity contribution in [3.63, 3.8) is 0 Å². The van der Waals surface area contributed by atoms with Crippen LogP contribution in [0.25, 0.3) is 0 Å². The van der Waals surface area contributed by atoms with Gasteiger partial charge in [0, 0.05) is 13.7 Å². The smallest absolute Gasteiger partial charge is 0.0695 e. The Bertz CT molecular complexity index is 354. The van der Waals surface area contributed by atoms with E-state index in [-0.39, 0.29) is 0 Å². The van der Waals surface area contributed by atoms with Gasteiger partial charge in [-0.15, -0.1) is 0 Å². The SMILES string of the molecule is CCNC(CCC(C)OC)c1c(Br)cnn1CC. The molecule has 1 N–H and O–H groups in total. The number of nitrogens with one attached hydrogen (secondary N) is 1. The molecular formula is C13H24BrN3O. The lowest BCUT2D eigenvalue weighted by Crippen LogP contribution is -2.25. The van der Waals surface area contributed by atoms with Gasteiger partial charge in [-0.2, -0.15) is 5.10 Å².